The monoisotopic (exact) mass is 924 g/mol. The Balaban J connectivity index is 1.07. The van der Waals surface area contributed by atoms with Crippen molar-refractivity contribution in [3.8, 4) is 22.3 Å². The smallest absolute Gasteiger partial charge is 0.159 e. The quantitative estimate of drug-likeness (QED) is 0.142. The summed E-state index contributed by atoms with van der Waals surface area (Å²) in [5.74, 6) is 0. The summed E-state index contributed by atoms with van der Waals surface area (Å²) in [5.41, 5.74) is 19.3. The fourth-order valence-electron chi connectivity index (χ4n) is 11.7. The Hall–Kier alpha value is -9.12. The normalized spacial score (nSPS) is 11.9. The van der Waals surface area contributed by atoms with Gasteiger partial charge in [0.1, 0.15) is 11.2 Å². The molecular weight excluding hydrogens is 877 g/mol. The van der Waals surface area contributed by atoms with Crippen molar-refractivity contribution >= 4 is 110 Å². The lowest BCUT2D eigenvalue weighted by Gasteiger charge is -2.31. The molecule has 12 aromatic carbocycles. The molecule has 0 radical (unpaired) electrons. The van der Waals surface area contributed by atoms with Gasteiger partial charge in [-0.25, -0.2) is 0 Å². The molecule has 0 N–H and O–H groups in total. The standard InChI is InChI=1S/C68H48N2O2/c1-41-29-31-47(39-57(41)45-17-7-5-8-18-45)69(59-25-15-23-53-51-21-11-13-27-63(51)71-67(53)59)61-37-43(3)49-34-36-56-62(38-44(4)50-33-35-55(61)65(49)66(50)56)70(48-32-30-42(2)58(40-48)46-19-9-6-10-20-46)60-26-16-24-54-52-22-12-14-28-64(52)72-68(54)60/h5-40H,1-4H3. The Morgan fingerprint density at radius 1 is 0.278 bits per heavy atom. The molecule has 0 aliphatic heterocycles. The molecule has 0 aliphatic carbocycles. The second-order valence-electron chi connectivity index (χ2n) is 19.4. The van der Waals surface area contributed by atoms with Gasteiger partial charge < -0.3 is 18.6 Å². The molecule has 2 aromatic heterocycles. The Morgan fingerprint density at radius 2 is 0.667 bits per heavy atom. The largest absolute Gasteiger partial charge is 0.454 e. The molecule has 72 heavy (non-hydrogen) atoms. The number of hydrogen-bond acceptors (Lipinski definition) is 4. The van der Waals surface area contributed by atoms with E-state index in [0.717, 1.165) is 88.8 Å². The Kier molecular flexibility index (Phi) is 9.43. The summed E-state index contributed by atoms with van der Waals surface area (Å²) in [6, 6.07) is 79.2. The van der Waals surface area contributed by atoms with Crippen molar-refractivity contribution in [1.82, 2.24) is 0 Å². The van der Waals surface area contributed by atoms with E-state index in [1.165, 1.54) is 66.1 Å². The van der Waals surface area contributed by atoms with Crippen LogP contribution in [-0.4, -0.2) is 0 Å². The Labute approximate surface area is 417 Å². The van der Waals surface area contributed by atoms with E-state index >= 15 is 0 Å². The third kappa shape index (κ3) is 6.39. The first-order valence-corrected chi connectivity index (χ1v) is 24.8. The van der Waals surface area contributed by atoms with Gasteiger partial charge in [-0.15, -0.1) is 0 Å². The molecule has 2 heterocycles. The highest BCUT2D eigenvalue weighted by Gasteiger charge is 2.27. The van der Waals surface area contributed by atoms with Crippen LogP contribution < -0.4 is 9.80 Å². The minimum Gasteiger partial charge on any atom is -0.454 e. The molecule has 0 saturated heterocycles. The third-order valence-electron chi connectivity index (χ3n) is 15.1. The number of aryl methyl sites for hydroxylation is 4. The second-order valence-corrected chi connectivity index (χ2v) is 19.4. The first kappa shape index (κ1) is 41.8. The first-order valence-electron chi connectivity index (χ1n) is 24.8. The highest BCUT2D eigenvalue weighted by Crippen LogP contribution is 2.52. The highest BCUT2D eigenvalue weighted by atomic mass is 16.3. The summed E-state index contributed by atoms with van der Waals surface area (Å²) in [5, 5.41) is 11.6. The van der Waals surface area contributed by atoms with Gasteiger partial charge in [-0.1, -0.05) is 158 Å². The average molecular weight is 925 g/mol. The Bertz CT molecular complexity index is 4160. The molecule has 0 unspecified atom stereocenters. The van der Waals surface area contributed by atoms with Crippen LogP contribution in [0.5, 0.6) is 0 Å². The highest BCUT2D eigenvalue weighted by molar-refractivity contribution is 6.30. The lowest BCUT2D eigenvalue weighted by Crippen LogP contribution is -2.13. The maximum absolute atomic E-state index is 6.88. The summed E-state index contributed by atoms with van der Waals surface area (Å²) in [4.78, 5) is 4.88. The van der Waals surface area contributed by atoms with Crippen LogP contribution in [0.25, 0.3) is 98.4 Å². The topological polar surface area (TPSA) is 32.8 Å². The van der Waals surface area contributed by atoms with Crippen molar-refractivity contribution in [2.75, 3.05) is 9.80 Å². The lowest BCUT2D eigenvalue weighted by atomic mass is 9.88. The zero-order valence-corrected chi connectivity index (χ0v) is 40.5. The van der Waals surface area contributed by atoms with Crippen molar-refractivity contribution in [2.45, 2.75) is 27.7 Å². The van der Waals surface area contributed by atoms with Gasteiger partial charge >= 0.3 is 0 Å². The van der Waals surface area contributed by atoms with Gasteiger partial charge in [0.2, 0.25) is 0 Å². The summed E-state index contributed by atoms with van der Waals surface area (Å²) in [6.45, 7) is 8.93. The zero-order valence-electron chi connectivity index (χ0n) is 40.5. The summed E-state index contributed by atoms with van der Waals surface area (Å²) in [7, 11) is 0. The number of nitrogens with zero attached hydrogens (tertiary/aromatic N) is 2. The summed E-state index contributed by atoms with van der Waals surface area (Å²) < 4.78 is 13.8. The van der Waals surface area contributed by atoms with E-state index in [-0.39, 0.29) is 0 Å². The van der Waals surface area contributed by atoms with Crippen molar-refractivity contribution < 1.29 is 8.83 Å². The summed E-state index contributed by atoms with van der Waals surface area (Å²) in [6.07, 6.45) is 0. The van der Waals surface area contributed by atoms with Crippen LogP contribution >= 0.6 is 0 Å². The number of benzene rings is 12. The van der Waals surface area contributed by atoms with Crippen LogP contribution in [0.4, 0.5) is 34.1 Å². The van der Waals surface area contributed by atoms with Gasteiger partial charge in [0.25, 0.3) is 0 Å². The van der Waals surface area contributed by atoms with Gasteiger partial charge in [0, 0.05) is 43.7 Å². The molecule has 0 amide bonds. The van der Waals surface area contributed by atoms with Gasteiger partial charge in [-0.3, -0.25) is 0 Å². The van der Waals surface area contributed by atoms with Crippen LogP contribution in [-0.2, 0) is 0 Å². The lowest BCUT2D eigenvalue weighted by molar-refractivity contribution is 0.669. The van der Waals surface area contributed by atoms with Crippen LogP contribution in [0.2, 0.25) is 0 Å². The molecule has 0 atom stereocenters. The van der Waals surface area contributed by atoms with Crippen molar-refractivity contribution in [1.29, 1.82) is 0 Å². The minimum absolute atomic E-state index is 0.852. The predicted octanol–water partition coefficient (Wildman–Crippen LogP) is 19.9. The van der Waals surface area contributed by atoms with E-state index in [9.17, 15) is 0 Å². The van der Waals surface area contributed by atoms with E-state index in [4.69, 9.17) is 8.83 Å². The molecule has 4 heteroatoms. The fraction of sp³-hybridized carbons (Fsp3) is 0.0588. The van der Waals surface area contributed by atoms with Crippen LogP contribution in [0.3, 0.4) is 0 Å². The van der Waals surface area contributed by atoms with Crippen molar-refractivity contribution in [3.63, 3.8) is 0 Å². The molecule has 0 fully saturated rings. The molecule has 14 aromatic rings. The predicted molar refractivity (Wildman–Crippen MR) is 304 cm³/mol. The maximum Gasteiger partial charge on any atom is 0.159 e. The molecule has 0 aliphatic rings. The molecule has 14 rings (SSSR count). The average Bonchev–Trinajstić information content (AvgIpc) is 4.00. The van der Waals surface area contributed by atoms with Crippen LogP contribution in [0.15, 0.2) is 227 Å². The third-order valence-corrected chi connectivity index (χ3v) is 15.1. The van der Waals surface area contributed by atoms with E-state index in [1.807, 2.05) is 12.1 Å². The molecule has 0 spiro atoms. The van der Waals surface area contributed by atoms with Gasteiger partial charge in [-0.05, 0) is 154 Å². The van der Waals surface area contributed by atoms with Crippen molar-refractivity contribution in [3.05, 3.63) is 241 Å². The van der Waals surface area contributed by atoms with E-state index in [1.54, 1.807) is 0 Å². The van der Waals surface area contributed by atoms with Gasteiger partial charge in [0.15, 0.2) is 11.2 Å². The number of hydrogen-bond donors (Lipinski definition) is 0. The first-order chi connectivity index (χ1) is 35.4. The number of anilines is 6. The number of fused-ring (bicyclic) bond motifs is 6. The van der Waals surface area contributed by atoms with E-state index < -0.39 is 0 Å². The fourth-order valence-corrected chi connectivity index (χ4v) is 11.7. The second kappa shape index (κ2) is 16.2. The van der Waals surface area contributed by atoms with E-state index in [0.29, 0.717) is 0 Å². The van der Waals surface area contributed by atoms with Gasteiger partial charge in [-0.2, -0.15) is 0 Å². The summed E-state index contributed by atoms with van der Waals surface area (Å²) >= 11 is 0. The van der Waals surface area contributed by atoms with Crippen LogP contribution in [0, 0.1) is 27.7 Å². The molecule has 342 valence electrons. The van der Waals surface area contributed by atoms with Crippen LogP contribution in [0.1, 0.15) is 22.3 Å². The number of furan rings is 2. The molecular formula is C68H48N2O2. The molecule has 0 bridgehead atoms. The van der Waals surface area contributed by atoms with E-state index in [2.05, 4.69) is 244 Å². The molecule has 0 saturated carbocycles. The minimum atomic E-state index is 0.852. The van der Waals surface area contributed by atoms with Crippen molar-refractivity contribution in [2.24, 2.45) is 0 Å². The van der Waals surface area contributed by atoms with Gasteiger partial charge in [0.05, 0.1) is 22.7 Å². The number of rotatable bonds is 8. The Morgan fingerprint density at radius 3 is 1.11 bits per heavy atom. The maximum atomic E-state index is 6.88. The molecule has 4 nitrogen and oxygen atoms in total. The number of para-hydroxylation sites is 4. The zero-order chi connectivity index (χ0) is 48.2. The SMILES string of the molecule is Cc1ccc(N(c2cc(C)c3ccc4c(N(c5ccc(C)c(-c6ccccc6)c5)c5cccc6c5oc5ccccc56)cc(C)c5ccc2c3c54)c2cccc3c2oc2ccccc23)cc1-c1ccccc1.